The molecule has 2 rings (SSSR count). The molecule has 1 aromatic rings. The van der Waals surface area contributed by atoms with Crippen molar-refractivity contribution in [3.05, 3.63) is 5.69 Å². The summed E-state index contributed by atoms with van der Waals surface area (Å²) in [7, 11) is 1.94. The number of hydrogen-bond donors (Lipinski definition) is 2. The minimum Gasteiger partial charge on any atom is -0.394 e. The fourth-order valence-corrected chi connectivity index (χ4v) is 2.88. The lowest BCUT2D eigenvalue weighted by Gasteiger charge is -2.33. The van der Waals surface area contributed by atoms with Crippen LogP contribution in [0.15, 0.2) is 0 Å². The van der Waals surface area contributed by atoms with Crippen LogP contribution in [0.3, 0.4) is 0 Å². The van der Waals surface area contributed by atoms with Gasteiger partial charge in [0.15, 0.2) is 0 Å². The van der Waals surface area contributed by atoms with E-state index in [4.69, 9.17) is 5.73 Å². The van der Waals surface area contributed by atoms with Crippen molar-refractivity contribution in [1.29, 1.82) is 0 Å². The number of aromatic nitrogens is 2. The van der Waals surface area contributed by atoms with Crippen LogP contribution in [0.1, 0.15) is 45.2 Å². The van der Waals surface area contributed by atoms with Gasteiger partial charge in [0.05, 0.1) is 11.4 Å². The molecule has 0 spiro atoms. The highest BCUT2D eigenvalue weighted by Gasteiger charge is 2.25. The monoisotopic (exact) mass is 279 g/mol. The van der Waals surface area contributed by atoms with Crippen molar-refractivity contribution in [1.82, 2.24) is 15.1 Å². The Morgan fingerprint density at radius 3 is 2.45 bits per heavy atom. The van der Waals surface area contributed by atoms with Crippen molar-refractivity contribution >= 4 is 17.4 Å². The number of nitrogen functional groups attached to an aromatic ring is 1. The molecule has 0 saturated carbocycles. The van der Waals surface area contributed by atoms with Crippen LogP contribution in [0.4, 0.5) is 11.5 Å². The molecule has 1 amide bonds. The topological polar surface area (TPSA) is 76.2 Å². The molecule has 1 saturated heterocycles. The second-order valence-electron chi connectivity index (χ2n) is 5.86. The molecule has 6 nitrogen and oxygen atoms in total. The van der Waals surface area contributed by atoms with E-state index in [2.05, 4.69) is 29.2 Å². The summed E-state index contributed by atoms with van der Waals surface area (Å²) in [4.78, 5) is 13.4. The van der Waals surface area contributed by atoms with Gasteiger partial charge in [0.25, 0.3) is 0 Å². The van der Waals surface area contributed by atoms with Crippen molar-refractivity contribution in [3.63, 3.8) is 0 Å². The number of amides is 1. The summed E-state index contributed by atoms with van der Waals surface area (Å²) in [6.07, 6.45) is 1.89. The fraction of sp³-hybridized carbons (Fsp3) is 0.714. The molecule has 1 aliphatic rings. The van der Waals surface area contributed by atoms with Gasteiger partial charge in [-0.15, -0.1) is 0 Å². The normalized spacial score (nSPS) is 16.8. The van der Waals surface area contributed by atoms with Crippen LogP contribution >= 0.6 is 0 Å². The van der Waals surface area contributed by atoms with Gasteiger partial charge in [0.1, 0.15) is 5.82 Å². The van der Waals surface area contributed by atoms with Crippen molar-refractivity contribution in [2.24, 2.45) is 7.05 Å². The highest BCUT2D eigenvalue weighted by Crippen LogP contribution is 2.32. The van der Waals surface area contributed by atoms with Crippen molar-refractivity contribution in [2.75, 3.05) is 23.7 Å². The van der Waals surface area contributed by atoms with Gasteiger partial charge in [0.2, 0.25) is 5.91 Å². The molecule has 6 heteroatoms. The van der Waals surface area contributed by atoms with Gasteiger partial charge < -0.3 is 16.0 Å². The number of carbonyl (C=O) groups is 1. The van der Waals surface area contributed by atoms with Crippen LogP contribution in [0.25, 0.3) is 0 Å². The lowest BCUT2D eigenvalue weighted by atomic mass is 10.0. The van der Waals surface area contributed by atoms with Crippen molar-refractivity contribution in [2.45, 2.75) is 45.6 Å². The summed E-state index contributed by atoms with van der Waals surface area (Å²) in [6.45, 7) is 7.57. The number of anilines is 2. The van der Waals surface area contributed by atoms with E-state index in [0.717, 1.165) is 43.1 Å². The summed E-state index contributed by atoms with van der Waals surface area (Å²) < 4.78 is 1.88. The van der Waals surface area contributed by atoms with Gasteiger partial charge in [-0.25, -0.2) is 0 Å². The predicted octanol–water partition coefficient (Wildman–Crippen LogP) is 1.23. The number of aryl methyl sites for hydroxylation is 1. The molecule has 2 heterocycles. The molecule has 0 atom stereocenters. The number of carbonyl (C=O) groups excluding carboxylic acids is 1. The zero-order valence-electron chi connectivity index (χ0n) is 12.8. The first-order valence-electron chi connectivity index (χ1n) is 7.24. The van der Waals surface area contributed by atoms with Gasteiger partial charge in [0, 0.05) is 33.1 Å². The maximum absolute atomic E-state index is 11.1. The molecule has 1 aliphatic heterocycles. The number of nitrogens with zero attached hydrogens (tertiary/aromatic N) is 3. The number of hydrogen-bond acceptors (Lipinski definition) is 4. The molecule has 0 aliphatic carbocycles. The van der Waals surface area contributed by atoms with Crippen LogP contribution in [0.5, 0.6) is 0 Å². The summed E-state index contributed by atoms with van der Waals surface area (Å²) >= 11 is 0. The first kappa shape index (κ1) is 14.7. The molecule has 1 aromatic heterocycles. The third kappa shape index (κ3) is 2.89. The van der Waals surface area contributed by atoms with E-state index in [1.807, 2.05) is 11.7 Å². The molecule has 0 bridgehead atoms. The van der Waals surface area contributed by atoms with E-state index in [0.29, 0.717) is 5.92 Å². The Labute approximate surface area is 120 Å². The number of piperidine rings is 1. The fourth-order valence-electron chi connectivity index (χ4n) is 2.88. The molecule has 0 aromatic carbocycles. The highest BCUT2D eigenvalue weighted by molar-refractivity contribution is 5.73. The molecule has 20 heavy (non-hydrogen) atoms. The predicted molar refractivity (Wildman–Crippen MR) is 80.8 cm³/mol. The third-order valence-electron chi connectivity index (χ3n) is 3.83. The average molecular weight is 279 g/mol. The Kier molecular flexibility index (Phi) is 4.20. The molecule has 3 N–H and O–H groups in total. The standard InChI is InChI=1S/C14H25N5O/c1-9(2)13-12(15)14(18(4)17-13)19-7-5-11(6-8-19)16-10(3)20/h9,11H,5-8,15H2,1-4H3,(H,16,20). The maximum atomic E-state index is 11.1. The van der Waals surface area contributed by atoms with E-state index in [1.54, 1.807) is 6.92 Å². The largest absolute Gasteiger partial charge is 0.394 e. The summed E-state index contributed by atoms with van der Waals surface area (Å²) in [5, 5.41) is 7.52. The van der Waals surface area contributed by atoms with Crippen LogP contribution in [-0.4, -0.2) is 34.8 Å². The first-order chi connectivity index (χ1) is 9.40. The van der Waals surface area contributed by atoms with E-state index >= 15 is 0 Å². The van der Waals surface area contributed by atoms with E-state index in [1.165, 1.54) is 0 Å². The van der Waals surface area contributed by atoms with Gasteiger partial charge >= 0.3 is 0 Å². The molecule has 1 fully saturated rings. The van der Waals surface area contributed by atoms with Crippen molar-refractivity contribution < 1.29 is 4.79 Å². The molecule has 112 valence electrons. The molecule has 0 radical (unpaired) electrons. The number of rotatable bonds is 3. The minimum absolute atomic E-state index is 0.0468. The third-order valence-corrected chi connectivity index (χ3v) is 3.83. The highest BCUT2D eigenvalue weighted by atomic mass is 16.1. The Bertz CT molecular complexity index is 486. The lowest BCUT2D eigenvalue weighted by molar-refractivity contribution is -0.119. The van der Waals surface area contributed by atoms with Gasteiger partial charge in [-0.2, -0.15) is 5.10 Å². The molecular weight excluding hydrogens is 254 g/mol. The van der Waals surface area contributed by atoms with E-state index < -0.39 is 0 Å². The Hall–Kier alpha value is -1.72. The zero-order valence-corrected chi connectivity index (χ0v) is 12.8. The second kappa shape index (κ2) is 5.73. The second-order valence-corrected chi connectivity index (χ2v) is 5.86. The Morgan fingerprint density at radius 1 is 1.40 bits per heavy atom. The number of nitrogens with two attached hydrogens (primary N) is 1. The van der Waals surface area contributed by atoms with Crippen LogP contribution in [0, 0.1) is 0 Å². The lowest BCUT2D eigenvalue weighted by Crippen LogP contribution is -2.44. The Balaban J connectivity index is 2.09. The quantitative estimate of drug-likeness (QED) is 0.872. The Morgan fingerprint density at radius 2 is 2.00 bits per heavy atom. The van der Waals surface area contributed by atoms with E-state index in [9.17, 15) is 4.79 Å². The zero-order chi connectivity index (χ0) is 14.9. The molecular formula is C14H25N5O. The van der Waals surface area contributed by atoms with Gasteiger partial charge in [-0.3, -0.25) is 9.48 Å². The summed E-state index contributed by atoms with van der Waals surface area (Å²) in [5.41, 5.74) is 8.01. The minimum atomic E-state index is 0.0468. The smallest absolute Gasteiger partial charge is 0.217 e. The van der Waals surface area contributed by atoms with Crippen LogP contribution < -0.4 is 16.0 Å². The summed E-state index contributed by atoms with van der Waals surface area (Å²) in [6, 6.07) is 0.280. The van der Waals surface area contributed by atoms with Gasteiger partial charge in [-0.05, 0) is 18.8 Å². The summed E-state index contributed by atoms with van der Waals surface area (Å²) in [5.74, 6) is 1.38. The number of nitrogens with one attached hydrogen (secondary N) is 1. The average Bonchev–Trinajstić information content (AvgIpc) is 2.66. The van der Waals surface area contributed by atoms with Crippen molar-refractivity contribution in [3.8, 4) is 0 Å². The SMILES string of the molecule is CC(=O)NC1CCN(c2c(N)c(C(C)C)nn2C)CC1. The maximum Gasteiger partial charge on any atom is 0.217 e. The first-order valence-corrected chi connectivity index (χ1v) is 7.24. The van der Waals surface area contributed by atoms with Crippen LogP contribution in [0.2, 0.25) is 0 Å². The van der Waals surface area contributed by atoms with Gasteiger partial charge in [-0.1, -0.05) is 13.8 Å². The van der Waals surface area contributed by atoms with E-state index in [-0.39, 0.29) is 11.9 Å². The van der Waals surface area contributed by atoms with Crippen LogP contribution in [-0.2, 0) is 11.8 Å². The molecule has 0 unspecified atom stereocenters.